The van der Waals surface area contributed by atoms with Gasteiger partial charge in [0.2, 0.25) is 0 Å². The van der Waals surface area contributed by atoms with Gasteiger partial charge in [-0.1, -0.05) is 0 Å². The van der Waals surface area contributed by atoms with Gasteiger partial charge in [0.1, 0.15) is 0 Å². The lowest BCUT2D eigenvalue weighted by Crippen LogP contribution is -2.28. The molecule has 8 heteroatoms. The van der Waals surface area contributed by atoms with Crippen molar-refractivity contribution in [2.75, 3.05) is 0 Å². The Morgan fingerprint density at radius 1 is 1.44 bits per heavy atom. The van der Waals surface area contributed by atoms with Gasteiger partial charge in [0.25, 0.3) is 12.0 Å². The number of nitrogens with one attached hydrogen (secondary N) is 1. The largest absolute Gasteiger partial charge is 0.483 e. The zero-order chi connectivity index (χ0) is 12.3. The van der Waals surface area contributed by atoms with Crippen LogP contribution in [0.2, 0.25) is 0 Å². The minimum atomic E-state index is -0.448. The van der Waals surface area contributed by atoms with Crippen LogP contribution in [0.1, 0.15) is 0 Å². The summed E-state index contributed by atoms with van der Waals surface area (Å²) in [7, 11) is 3.27. The molecule has 0 aromatic carbocycles. The first-order chi connectivity index (χ1) is 7.52. The molecular formula is C8H10N4O4. The molecule has 0 aliphatic rings. The van der Waals surface area contributed by atoms with E-state index in [1.165, 1.54) is 10.9 Å². The molecule has 2 heterocycles. The van der Waals surface area contributed by atoms with Crippen LogP contribution in [-0.4, -0.2) is 30.7 Å². The van der Waals surface area contributed by atoms with E-state index in [1.807, 2.05) is 0 Å². The van der Waals surface area contributed by atoms with Gasteiger partial charge in [0, 0.05) is 14.1 Å². The van der Waals surface area contributed by atoms with Crippen molar-refractivity contribution < 1.29 is 9.90 Å². The summed E-state index contributed by atoms with van der Waals surface area (Å²) in [5.74, 6) is 0. The number of fused-ring (bicyclic) bond motifs is 1. The molecule has 0 spiro atoms. The molecule has 0 aliphatic carbocycles. The Bertz CT molecular complexity index is 621. The average Bonchev–Trinajstić information content (AvgIpc) is 2.59. The number of hydrogen-bond acceptors (Lipinski definition) is 4. The van der Waals surface area contributed by atoms with Gasteiger partial charge in [-0.05, 0) is 0 Å². The third-order valence-electron chi connectivity index (χ3n) is 1.98. The summed E-state index contributed by atoms with van der Waals surface area (Å²) in [6.45, 7) is -0.250. The van der Waals surface area contributed by atoms with Crippen molar-refractivity contribution in [3.63, 3.8) is 0 Å². The van der Waals surface area contributed by atoms with E-state index in [-0.39, 0.29) is 6.47 Å². The zero-order valence-corrected chi connectivity index (χ0v) is 8.67. The second-order valence-corrected chi connectivity index (χ2v) is 2.95. The summed E-state index contributed by atoms with van der Waals surface area (Å²) >= 11 is 0. The maximum atomic E-state index is 11.3. The molecule has 8 nitrogen and oxygen atoms in total. The number of hydrogen-bond donors (Lipinski definition) is 2. The van der Waals surface area contributed by atoms with Crippen molar-refractivity contribution in [3.05, 3.63) is 27.2 Å². The highest BCUT2D eigenvalue weighted by Crippen LogP contribution is 2.00. The first-order valence-corrected chi connectivity index (χ1v) is 4.21. The van der Waals surface area contributed by atoms with Gasteiger partial charge in [-0.3, -0.25) is 19.1 Å². The van der Waals surface area contributed by atoms with Gasteiger partial charge in [0.15, 0.2) is 11.2 Å². The van der Waals surface area contributed by atoms with Crippen LogP contribution < -0.4 is 11.2 Å². The van der Waals surface area contributed by atoms with Crippen LogP contribution in [0.3, 0.4) is 0 Å². The van der Waals surface area contributed by atoms with Gasteiger partial charge in [-0.15, -0.1) is 0 Å². The summed E-state index contributed by atoms with van der Waals surface area (Å²) in [4.78, 5) is 36.9. The molecule has 0 fully saturated rings. The minimum Gasteiger partial charge on any atom is -0.483 e. The Balaban J connectivity index is 0.000000386. The van der Waals surface area contributed by atoms with Crippen LogP contribution in [0.15, 0.2) is 15.9 Å². The number of nitrogens with zero attached hydrogens (tertiary/aromatic N) is 3. The SMILES string of the molecule is Cn1cnc2c1c(=O)[nH]c(=O)n2C.O=CO. The molecule has 0 unspecified atom stereocenters. The monoisotopic (exact) mass is 226 g/mol. The maximum absolute atomic E-state index is 11.3. The molecule has 0 aliphatic heterocycles. The average molecular weight is 226 g/mol. The van der Waals surface area contributed by atoms with E-state index in [0.29, 0.717) is 11.2 Å². The lowest BCUT2D eigenvalue weighted by Gasteiger charge is -1.97. The molecule has 2 aromatic rings. The van der Waals surface area contributed by atoms with Gasteiger partial charge < -0.3 is 9.67 Å². The van der Waals surface area contributed by atoms with E-state index in [1.54, 1.807) is 18.7 Å². The standard InChI is InChI=1S/C7H8N4O2.CH2O2/c1-10-3-8-5-4(10)6(12)9-7(13)11(5)2;2-1-3/h3H,1-2H3,(H,9,12,13);1H,(H,2,3). The maximum Gasteiger partial charge on any atom is 0.329 e. The van der Waals surface area contributed by atoms with Crippen molar-refractivity contribution in [3.8, 4) is 0 Å². The number of carbonyl (C=O) groups is 1. The number of imidazole rings is 1. The van der Waals surface area contributed by atoms with Crippen LogP contribution in [0.25, 0.3) is 11.2 Å². The molecule has 16 heavy (non-hydrogen) atoms. The number of aromatic nitrogens is 4. The number of aromatic amines is 1. The van der Waals surface area contributed by atoms with Crippen molar-refractivity contribution in [2.24, 2.45) is 14.1 Å². The second kappa shape index (κ2) is 4.43. The van der Waals surface area contributed by atoms with Crippen molar-refractivity contribution >= 4 is 17.6 Å². The number of aryl methyl sites for hydroxylation is 2. The summed E-state index contributed by atoms with van der Waals surface area (Å²) in [5, 5.41) is 6.89. The Kier molecular flexibility index (Phi) is 3.24. The Labute approximate surface area is 88.8 Å². The van der Waals surface area contributed by atoms with Gasteiger partial charge in [-0.25, -0.2) is 9.78 Å². The normalized spacial score (nSPS) is 9.62. The van der Waals surface area contributed by atoms with Crippen LogP contribution in [0.4, 0.5) is 0 Å². The molecule has 0 saturated carbocycles. The molecule has 2 N–H and O–H groups in total. The van der Waals surface area contributed by atoms with E-state index >= 15 is 0 Å². The minimum absolute atomic E-state index is 0.250. The lowest BCUT2D eigenvalue weighted by atomic mass is 10.5. The van der Waals surface area contributed by atoms with Crippen LogP contribution in [0.5, 0.6) is 0 Å². The number of rotatable bonds is 0. The fourth-order valence-corrected chi connectivity index (χ4v) is 1.26. The molecule has 0 atom stereocenters. The van der Waals surface area contributed by atoms with Crippen molar-refractivity contribution in [1.29, 1.82) is 0 Å². The molecule has 0 radical (unpaired) electrons. The highest BCUT2D eigenvalue weighted by Gasteiger charge is 2.08. The van der Waals surface area contributed by atoms with Crippen LogP contribution in [0, 0.1) is 0 Å². The highest BCUT2D eigenvalue weighted by atomic mass is 16.3. The molecule has 0 bridgehead atoms. The molecule has 0 saturated heterocycles. The molecule has 86 valence electrons. The first kappa shape index (κ1) is 11.7. The van der Waals surface area contributed by atoms with Crippen molar-refractivity contribution in [1.82, 2.24) is 19.1 Å². The molecule has 2 aromatic heterocycles. The van der Waals surface area contributed by atoms with E-state index < -0.39 is 11.2 Å². The summed E-state index contributed by atoms with van der Waals surface area (Å²) < 4.78 is 2.88. The Hall–Kier alpha value is -2.38. The predicted molar refractivity (Wildman–Crippen MR) is 55.3 cm³/mol. The molecule has 2 rings (SSSR count). The Morgan fingerprint density at radius 3 is 2.56 bits per heavy atom. The quantitative estimate of drug-likeness (QED) is 0.540. The first-order valence-electron chi connectivity index (χ1n) is 4.21. The fraction of sp³-hybridized carbons (Fsp3) is 0.250. The van der Waals surface area contributed by atoms with E-state index in [4.69, 9.17) is 9.90 Å². The van der Waals surface area contributed by atoms with E-state index in [2.05, 4.69) is 9.97 Å². The summed E-state index contributed by atoms with van der Waals surface area (Å²) in [6, 6.07) is 0. The molecule has 0 amide bonds. The van der Waals surface area contributed by atoms with Gasteiger partial charge >= 0.3 is 5.69 Å². The topological polar surface area (TPSA) is 110 Å². The van der Waals surface area contributed by atoms with E-state index in [0.717, 1.165) is 0 Å². The third kappa shape index (κ3) is 1.85. The fourth-order valence-electron chi connectivity index (χ4n) is 1.26. The van der Waals surface area contributed by atoms with Gasteiger partial charge in [0.05, 0.1) is 6.33 Å². The second-order valence-electron chi connectivity index (χ2n) is 2.95. The lowest BCUT2D eigenvalue weighted by molar-refractivity contribution is -0.122. The van der Waals surface area contributed by atoms with Crippen LogP contribution in [-0.2, 0) is 18.9 Å². The Morgan fingerprint density at radius 2 is 2.00 bits per heavy atom. The highest BCUT2D eigenvalue weighted by molar-refractivity contribution is 5.69. The summed E-state index contributed by atoms with van der Waals surface area (Å²) in [5.41, 5.74) is -0.0485. The third-order valence-corrected chi connectivity index (χ3v) is 1.98. The predicted octanol–water partition coefficient (Wildman–Crippen LogP) is -1.34. The summed E-state index contributed by atoms with van der Waals surface area (Å²) in [6.07, 6.45) is 1.50. The smallest absolute Gasteiger partial charge is 0.329 e. The van der Waals surface area contributed by atoms with Crippen LogP contribution >= 0.6 is 0 Å². The number of carboxylic acid groups (broad SMARTS) is 1. The van der Waals surface area contributed by atoms with Gasteiger partial charge in [-0.2, -0.15) is 0 Å². The zero-order valence-electron chi connectivity index (χ0n) is 8.67. The van der Waals surface area contributed by atoms with Crippen molar-refractivity contribution in [2.45, 2.75) is 0 Å². The van der Waals surface area contributed by atoms with E-state index in [9.17, 15) is 9.59 Å². The molecular weight excluding hydrogens is 216 g/mol. The number of H-pyrrole nitrogens is 1.